The second-order valence-electron chi connectivity index (χ2n) is 8.67. The van der Waals surface area contributed by atoms with Crippen LogP contribution < -0.4 is 0 Å². The monoisotopic (exact) mass is 407 g/mol. The van der Waals surface area contributed by atoms with Gasteiger partial charge in [0.15, 0.2) is 0 Å². The molecule has 28 heavy (non-hydrogen) atoms. The number of sulfonamides is 1. The highest BCUT2D eigenvalue weighted by atomic mass is 32.2. The van der Waals surface area contributed by atoms with Crippen LogP contribution >= 0.6 is 0 Å². The highest BCUT2D eigenvalue weighted by Crippen LogP contribution is 2.22. The van der Waals surface area contributed by atoms with E-state index in [1.54, 1.807) is 12.1 Å². The minimum Gasteiger partial charge on any atom is -0.339 e. The van der Waals surface area contributed by atoms with Gasteiger partial charge in [-0.3, -0.25) is 9.69 Å². The lowest BCUT2D eigenvalue weighted by atomic mass is 9.92. The standard InChI is InChI=1S/C21H33N3O3S/c1-16-11-17(2)14-22(13-16)15-21(25)23-7-9-24(10-8-23)28(26,27)20-6-5-18(3)19(4)12-20/h5-6,12,16-17H,7-11,13-15H2,1-4H3/t16-,17+. The zero-order valence-corrected chi connectivity index (χ0v) is 18.3. The third-order valence-corrected chi connectivity index (χ3v) is 7.91. The number of hydrogen-bond acceptors (Lipinski definition) is 4. The molecule has 0 aliphatic carbocycles. The Bertz CT molecular complexity index is 806. The van der Waals surface area contributed by atoms with Crippen LogP contribution in [0.3, 0.4) is 0 Å². The molecule has 3 rings (SSSR count). The predicted octanol–water partition coefficient (Wildman–Crippen LogP) is 2.11. The van der Waals surface area contributed by atoms with Crippen LogP contribution in [0.15, 0.2) is 23.1 Å². The molecule has 1 aromatic rings. The lowest BCUT2D eigenvalue weighted by Crippen LogP contribution is -2.53. The molecular weight excluding hydrogens is 374 g/mol. The fourth-order valence-corrected chi connectivity index (χ4v) is 5.92. The van der Waals surface area contributed by atoms with Gasteiger partial charge in [0.2, 0.25) is 15.9 Å². The van der Waals surface area contributed by atoms with E-state index in [0.29, 0.717) is 49.5 Å². The Balaban J connectivity index is 1.57. The third-order valence-electron chi connectivity index (χ3n) is 6.01. The normalized spacial score (nSPS) is 25.1. The van der Waals surface area contributed by atoms with E-state index in [4.69, 9.17) is 0 Å². The summed E-state index contributed by atoms with van der Waals surface area (Å²) < 4.78 is 27.4. The molecule has 0 radical (unpaired) electrons. The van der Waals surface area contributed by atoms with Gasteiger partial charge >= 0.3 is 0 Å². The van der Waals surface area contributed by atoms with Crippen molar-refractivity contribution < 1.29 is 13.2 Å². The molecule has 0 N–H and O–H groups in total. The first-order chi connectivity index (χ1) is 13.2. The van der Waals surface area contributed by atoms with Crippen molar-refractivity contribution >= 4 is 15.9 Å². The summed E-state index contributed by atoms with van der Waals surface area (Å²) in [6.45, 7) is 12.4. The molecular formula is C21H33N3O3S. The number of carbonyl (C=O) groups is 1. The number of carbonyl (C=O) groups excluding carboxylic acids is 1. The molecule has 0 aromatic heterocycles. The van der Waals surface area contributed by atoms with Crippen molar-refractivity contribution in [2.75, 3.05) is 45.8 Å². The molecule has 2 saturated heterocycles. The van der Waals surface area contributed by atoms with Crippen molar-refractivity contribution in [2.45, 2.75) is 39.0 Å². The number of likely N-dealkylation sites (tertiary alicyclic amines) is 1. The Labute approximate surface area is 169 Å². The molecule has 2 aliphatic heterocycles. The quantitative estimate of drug-likeness (QED) is 0.767. The minimum absolute atomic E-state index is 0.115. The van der Waals surface area contributed by atoms with Gasteiger partial charge in [-0.25, -0.2) is 8.42 Å². The van der Waals surface area contributed by atoms with Crippen LogP contribution in [0, 0.1) is 25.7 Å². The number of aryl methyl sites for hydroxylation is 2. The number of nitrogens with zero attached hydrogens (tertiary/aromatic N) is 3. The van der Waals surface area contributed by atoms with E-state index in [1.165, 1.54) is 10.7 Å². The van der Waals surface area contributed by atoms with Gasteiger partial charge in [-0.2, -0.15) is 4.31 Å². The van der Waals surface area contributed by atoms with Gasteiger partial charge in [0.25, 0.3) is 0 Å². The molecule has 1 amide bonds. The Morgan fingerprint density at radius 2 is 1.61 bits per heavy atom. The fourth-order valence-electron chi connectivity index (χ4n) is 4.41. The fraction of sp³-hybridized carbons (Fsp3) is 0.667. The molecule has 2 fully saturated rings. The first-order valence-electron chi connectivity index (χ1n) is 10.2. The Kier molecular flexibility index (Phi) is 6.47. The Morgan fingerprint density at radius 1 is 1.00 bits per heavy atom. The van der Waals surface area contributed by atoms with Crippen LogP contribution in [0.4, 0.5) is 0 Å². The van der Waals surface area contributed by atoms with E-state index < -0.39 is 10.0 Å². The van der Waals surface area contributed by atoms with Gasteiger partial charge in [-0.05, 0) is 55.4 Å². The smallest absolute Gasteiger partial charge is 0.243 e. The molecule has 0 spiro atoms. The first kappa shape index (κ1) is 21.3. The van der Waals surface area contributed by atoms with E-state index in [2.05, 4.69) is 18.7 Å². The molecule has 2 atom stereocenters. The van der Waals surface area contributed by atoms with Crippen molar-refractivity contribution in [3.8, 4) is 0 Å². The summed E-state index contributed by atoms with van der Waals surface area (Å²) in [6, 6.07) is 5.26. The van der Waals surface area contributed by atoms with Gasteiger partial charge in [-0.1, -0.05) is 19.9 Å². The molecule has 7 heteroatoms. The molecule has 6 nitrogen and oxygen atoms in total. The van der Waals surface area contributed by atoms with Crippen molar-refractivity contribution in [1.29, 1.82) is 0 Å². The maximum atomic E-state index is 12.9. The SMILES string of the molecule is Cc1ccc(S(=O)(=O)N2CCN(C(=O)CN3C[C@H](C)C[C@H](C)C3)CC2)cc1C. The Hall–Kier alpha value is -1.44. The van der Waals surface area contributed by atoms with Gasteiger partial charge < -0.3 is 4.90 Å². The zero-order chi connectivity index (χ0) is 20.5. The van der Waals surface area contributed by atoms with Gasteiger partial charge in [0, 0.05) is 39.3 Å². The van der Waals surface area contributed by atoms with Crippen LogP contribution in [-0.2, 0) is 14.8 Å². The first-order valence-corrected chi connectivity index (χ1v) is 11.7. The molecule has 0 unspecified atom stereocenters. The average molecular weight is 408 g/mol. The second kappa shape index (κ2) is 8.51. The summed E-state index contributed by atoms with van der Waals surface area (Å²) in [5, 5.41) is 0. The largest absolute Gasteiger partial charge is 0.339 e. The highest BCUT2D eigenvalue weighted by molar-refractivity contribution is 7.89. The summed E-state index contributed by atoms with van der Waals surface area (Å²) in [5.41, 5.74) is 2.05. The lowest BCUT2D eigenvalue weighted by Gasteiger charge is -2.38. The Morgan fingerprint density at radius 3 is 2.18 bits per heavy atom. The summed E-state index contributed by atoms with van der Waals surface area (Å²) in [7, 11) is -3.51. The van der Waals surface area contributed by atoms with E-state index in [1.807, 2.05) is 24.8 Å². The van der Waals surface area contributed by atoms with Crippen LogP contribution in [0.2, 0.25) is 0 Å². The molecule has 2 heterocycles. The van der Waals surface area contributed by atoms with Gasteiger partial charge in [0.1, 0.15) is 0 Å². The van der Waals surface area contributed by atoms with Crippen LogP contribution in [0.1, 0.15) is 31.4 Å². The number of amides is 1. The van der Waals surface area contributed by atoms with E-state index >= 15 is 0 Å². The second-order valence-corrected chi connectivity index (χ2v) is 10.6. The molecule has 1 aromatic carbocycles. The van der Waals surface area contributed by atoms with E-state index in [0.717, 1.165) is 24.2 Å². The van der Waals surface area contributed by atoms with Gasteiger partial charge in [-0.15, -0.1) is 0 Å². The summed E-state index contributed by atoms with van der Waals surface area (Å²) in [4.78, 5) is 17.1. The number of benzene rings is 1. The summed E-state index contributed by atoms with van der Waals surface area (Å²) >= 11 is 0. The van der Waals surface area contributed by atoms with Crippen molar-refractivity contribution in [3.05, 3.63) is 29.3 Å². The number of hydrogen-bond donors (Lipinski definition) is 0. The zero-order valence-electron chi connectivity index (χ0n) is 17.5. The van der Waals surface area contributed by atoms with Crippen molar-refractivity contribution in [2.24, 2.45) is 11.8 Å². The van der Waals surface area contributed by atoms with Crippen LogP contribution in [-0.4, -0.2) is 74.2 Å². The maximum Gasteiger partial charge on any atom is 0.243 e. The minimum atomic E-state index is -3.51. The van der Waals surface area contributed by atoms with E-state index in [9.17, 15) is 13.2 Å². The predicted molar refractivity (Wildman–Crippen MR) is 111 cm³/mol. The summed E-state index contributed by atoms with van der Waals surface area (Å²) in [5.74, 6) is 1.36. The van der Waals surface area contributed by atoms with Crippen molar-refractivity contribution in [3.63, 3.8) is 0 Å². The molecule has 156 valence electrons. The topological polar surface area (TPSA) is 60.9 Å². The average Bonchev–Trinajstić information content (AvgIpc) is 2.63. The van der Waals surface area contributed by atoms with Crippen LogP contribution in [0.5, 0.6) is 0 Å². The number of piperidine rings is 1. The van der Waals surface area contributed by atoms with Crippen molar-refractivity contribution in [1.82, 2.24) is 14.1 Å². The third kappa shape index (κ3) is 4.75. The maximum absolute atomic E-state index is 12.9. The molecule has 0 saturated carbocycles. The summed E-state index contributed by atoms with van der Waals surface area (Å²) in [6.07, 6.45) is 1.22. The lowest BCUT2D eigenvalue weighted by molar-refractivity contribution is -0.134. The number of rotatable bonds is 4. The molecule has 2 aliphatic rings. The van der Waals surface area contributed by atoms with Crippen LogP contribution in [0.25, 0.3) is 0 Å². The van der Waals surface area contributed by atoms with E-state index in [-0.39, 0.29) is 5.91 Å². The number of piperazine rings is 1. The molecule has 0 bridgehead atoms. The highest BCUT2D eigenvalue weighted by Gasteiger charge is 2.31. The van der Waals surface area contributed by atoms with Gasteiger partial charge in [0.05, 0.1) is 11.4 Å².